The molecule has 1 amide bonds. The monoisotopic (exact) mass is 313 g/mol. The molecule has 0 radical (unpaired) electrons. The fraction of sp³-hybridized carbons (Fsp3) is 0.444. The molecule has 1 aliphatic carbocycles. The first-order valence-corrected chi connectivity index (χ1v) is 8.15. The van der Waals surface area contributed by atoms with Crippen LogP contribution in [0.5, 0.6) is 0 Å². The van der Waals surface area contributed by atoms with Crippen LogP contribution in [0.1, 0.15) is 43.0 Å². The Balaban J connectivity index is 1.79. The van der Waals surface area contributed by atoms with Gasteiger partial charge in [-0.2, -0.15) is 5.10 Å². The summed E-state index contributed by atoms with van der Waals surface area (Å²) in [4.78, 5) is 12.8. The van der Waals surface area contributed by atoms with Crippen LogP contribution in [0.2, 0.25) is 0 Å². The minimum absolute atomic E-state index is 0.147. The van der Waals surface area contributed by atoms with E-state index in [4.69, 9.17) is 4.74 Å². The smallest absolute Gasteiger partial charge is 0.259 e. The number of carbonyl (C=O) groups is 1. The van der Waals surface area contributed by atoms with Gasteiger partial charge in [0.05, 0.1) is 11.8 Å². The van der Waals surface area contributed by atoms with Gasteiger partial charge < -0.3 is 10.1 Å². The lowest BCUT2D eigenvalue weighted by Gasteiger charge is -2.22. The van der Waals surface area contributed by atoms with Crippen molar-refractivity contribution in [3.8, 4) is 0 Å². The van der Waals surface area contributed by atoms with E-state index in [0.717, 1.165) is 24.1 Å². The number of nitrogens with one attached hydrogen (secondary N) is 1. The van der Waals surface area contributed by atoms with Crippen LogP contribution in [0, 0.1) is 6.92 Å². The number of carbonyl (C=O) groups excluding carboxylic acids is 1. The SMILES string of the molecule is Cc1cc(NC(=O)[C@H](OC2CCCC2)c2ccccc2)n(C)n1. The van der Waals surface area contributed by atoms with Gasteiger partial charge in [0.25, 0.3) is 5.91 Å². The Bertz CT molecular complexity index is 660. The van der Waals surface area contributed by atoms with Gasteiger partial charge >= 0.3 is 0 Å². The minimum Gasteiger partial charge on any atom is -0.360 e. The fourth-order valence-electron chi connectivity index (χ4n) is 3.06. The average Bonchev–Trinajstić information content (AvgIpc) is 3.15. The summed E-state index contributed by atoms with van der Waals surface area (Å²) in [5.74, 6) is 0.537. The van der Waals surface area contributed by atoms with E-state index in [1.165, 1.54) is 12.8 Å². The van der Waals surface area contributed by atoms with Crippen molar-refractivity contribution in [1.82, 2.24) is 9.78 Å². The zero-order chi connectivity index (χ0) is 16.2. The van der Waals surface area contributed by atoms with Gasteiger partial charge in [-0.05, 0) is 25.3 Å². The molecule has 3 rings (SSSR count). The molecule has 2 aromatic rings. The number of amides is 1. The molecule has 1 aromatic carbocycles. The van der Waals surface area contributed by atoms with E-state index >= 15 is 0 Å². The summed E-state index contributed by atoms with van der Waals surface area (Å²) in [6.07, 6.45) is 3.99. The predicted octanol–water partition coefficient (Wildman–Crippen LogP) is 3.37. The van der Waals surface area contributed by atoms with Crippen molar-refractivity contribution in [3.05, 3.63) is 47.7 Å². The fourth-order valence-corrected chi connectivity index (χ4v) is 3.06. The van der Waals surface area contributed by atoms with Crippen molar-refractivity contribution in [3.63, 3.8) is 0 Å². The summed E-state index contributed by atoms with van der Waals surface area (Å²) >= 11 is 0. The Morgan fingerprint density at radius 1 is 1.30 bits per heavy atom. The van der Waals surface area contributed by atoms with E-state index in [1.54, 1.807) is 4.68 Å². The zero-order valence-corrected chi connectivity index (χ0v) is 13.7. The third-order valence-electron chi connectivity index (χ3n) is 4.22. The molecule has 5 nitrogen and oxygen atoms in total. The predicted molar refractivity (Wildman–Crippen MR) is 89.1 cm³/mol. The molecule has 1 aromatic heterocycles. The van der Waals surface area contributed by atoms with Crippen molar-refractivity contribution >= 4 is 11.7 Å². The average molecular weight is 313 g/mol. The van der Waals surface area contributed by atoms with Gasteiger partial charge in [-0.3, -0.25) is 9.48 Å². The van der Waals surface area contributed by atoms with E-state index in [1.807, 2.05) is 50.4 Å². The molecule has 1 N–H and O–H groups in total. The number of anilines is 1. The Labute approximate surface area is 136 Å². The van der Waals surface area contributed by atoms with Crippen LogP contribution in [-0.4, -0.2) is 21.8 Å². The highest BCUT2D eigenvalue weighted by Crippen LogP contribution is 2.28. The van der Waals surface area contributed by atoms with E-state index < -0.39 is 6.10 Å². The number of hydrogen-bond acceptors (Lipinski definition) is 3. The second-order valence-corrected chi connectivity index (χ2v) is 6.12. The minimum atomic E-state index is -0.588. The first-order valence-electron chi connectivity index (χ1n) is 8.15. The summed E-state index contributed by atoms with van der Waals surface area (Å²) in [5.41, 5.74) is 1.76. The maximum Gasteiger partial charge on any atom is 0.259 e. The van der Waals surface area contributed by atoms with Crippen molar-refractivity contribution in [2.75, 3.05) is 5.32 Å². The number of aromatic nitrogens is 2. The Morgan fingerprint density at radius 3 is 2.61 bits per heavy atom. The van der Waals surface area contributed by atoms with Crippen LogP contribution in [0.4, 0.5) is 5.82 Å². The Kier molecular flexibility index (Phi) is 4.76. The number of benzene rings is 1. The summed E-state index contributed by atoms with van der Waals surface area (Å²) in [6, 6.07) is 11.5. The van der Waals surface area contributed by atoms with Gasteiger partial charge in [0.1, 0.15) is 5.82 Å². The number of nitrogens with zero attached hydrogens (tertiary/aromatic N) is 2. The lowest BCUT2D eigenvalue weighted by molar-refractivity contribution is -0.131. The van der Waals surface area contributed by atoms with Gasteiger partial charge in [0.15, 0.2) is 6.10 Å². The van der Waals surface area contributed by atoms with Crippen molar-refractivity contribution in [2.24, 2.45) is 7.05 Å². The van der Waals surface area contributed by atoms with Crippen LogP contribution in [-0.2, 0) is 16.6 Å². The Morgan fingerprint density at radius 2 is 2.00 bits per heavy atom. The molecule has 1 fully saturated rings. The van der Waals surface area contributed by atoms with E-state index in [2.05, 4.69) is 10.4 Å². The van der Waals surface area contributed by atoms with Crippen LogP contribution in [0.25, 0.3) is 0 Å². The first kappa shape index (κ1) is 15.7. The summed E-state index contributed by atoms with van der Waals surface area (Å²) in [5, 5.41) is 7.20. The summed E-state index contributed by atoms with van der Waals surface area (Å²) in [6.45, 7) is 1.90. The first-order chi connectivity index (χ1) is 11.1. The second-order valence-electron chi connectivity index (χ2n) is 6.12. The lowest BCUT2D eigenvalue weighted by atomic mass is 10.1. The highest BCUT2D eigenvalue weighted by Gasteiger charge is 2.27. The van der Waals surface area contributed by atoms with Gasteiger partial charge in [-0.25, -0.2) is 0 Å². The third-order valence-corrected chi connectivity index (χ3v) is 4.22. The number of rotatable bonds is 5. The molecule has 5 heteroatoms. The number of hydrogen-bond donors (Lipinski definition) is 1. The summed E-state index contributed by atoms with van der Waals surface area (Å²) < 4.78 is 7.81. The van der Waals surface area contributed by atoms with Gasteiger partial charge in [-0.15, -0.1) is 0 Å². The van der Waals surface area contributed by atoms with Gasteiger partial charge in [0.2, 0.25) is 0 Å². The van der Waals surface area contributed by atoms with Crippen LogP contribution in [0.15, 0.2) is 36.4 Å². The van der Waals surface area contributed by atoms with Crippen molar-refractivity contribution in [1.29, 1.82) is 0 Å². The van der Waals surface area contributed by atoms with Crippen LogP contribution >= 0.6 is 0 Å². The molecule has 1 saturated carbocycles. The molecule has 0 spiro atoms. The lowest BCUT2D eigenvalue weighted by Crippen LogP contribution is -2.27. The van der Waals surface area contributed by atoms with Crippen molar-refractivity contribution < 1.29 is 9.53 Å². The molecular formula is C18H23N3O2. The largest absolute Gasteiger partial charge is 0.360 e. The molecule has 0 saturated heterocycles. The standard InChI is InChI=1S/C18H23N3O2/c1-13-12-16(21(2)20-13)19-18(22)17(14-8-4-3-5-9-14)23-15-10-6-7-11-15/h3-5,8-9,12,15,17H,6-7,10-11H2,1-2H3,(H,19,22)/t17-/m1/s1. The highest BCUT2D eigenvalue weighted by molar-refractivity contribution is 5.94. The zero-order valence-electron chi connectivity index (χ0n) is 13.7. The molecular weight excluding hydrogens is 290 g/mol. The molecule has 1 atom stereocenters. The Hall–Kier alpha value is -2.14. The highest BCUT2D eigenvalue weighted by atomic mass is 16.5. The molecule has 0 unspecified atom stereocenters. The van der Waals surface area contributed by atoms with Crippen LogP contribution in [0.3, 0.4) is 0 Å². The van der Waals surface area contributed by atoms with E-state index in [-0.39, 0.29) is 12.0 Å². The van der Waals surface area contributed by atoms with Crippen LogP contribution < -0.4 is 5.32 Å². The third kappa shape index (κ3) is 3.79. The molecule has 1 heterocycles. The molecule has 122 valence electrons. The maximum atomic E-state index is 12.8. The van der Waals surface area contributed by atoms with E-state index in [9.17, 15) is 4.79 Å². The quantitative estimate of drug-likeness (QED) is 0.921. The van der Waals surface area contributed by atoms with E-state index in [0.29, 0.717) is 5.82 Å². The number of ether oxygens (including phenoxy) is 1. The normalized spacial score (nSPS) is 16.4. The maximum absolute atomic E-state index is 12.8. The molecule has 1 aliphatic rings. The van der Waals surface area contributed by atoms with Gasteiger partial charge in [0, 0.05) is 13.1 Å². The van der Waals surface area contributed by atoms with Crippen molar-refractivity contribution in [2.45, 2.75) is 44.8 Å². The summed E-state index contributed by atoms with van der Waals surface area (Å²) in [7, 11) is 1.82. The second kappa shape index (κ2) is 6.96. The topological polar surface area (TPSA) is 56.1 Å². The molecule has 23 heavy (non-hydrogen) atoms. The molecule has 0 bridgehead atoms. The number of aryl methyl sites for hydroxylation is 2. The molecule has 0 aliphatic heterocycles. The van der Waals surface area contributed by atoms with Gasteiger partial charge in [-0.1, -0.05) is 43.2 Å².